The van der Waals surface area contributed by atoms with Crippen molar-refractivity contribution in [3.63, 3.8) is 0 Å². The minimum Gasteiger partial charge on any atom is -0.493 e. The lowest BCUT2D eigenvalue weighted by Crippen LogP contribution is -2.39. The second kappa shape index (κ2) is 9.64. The van der Waals surface area contributed by atoms with Crippen LogP contribution in [0.5, 0.6) is 5.75 Å². The number of nitrogens with zero attached hydrogens (tertiary/aromatic N) is 3. The summed E-state index contributed by atoms with van der Waals surface area (Å²) in [5.74, 6) is 1.95. The van der Waals surface area contributed by atoms with Crippen molar-refractivity contribution in [2.75, 3.05) is 27.2 Å². The van der Waals surface area contributed by atoms with E-state index in [0.29, 0.717) is 0 Å². The maximum atomic E-state index is 5.57. The Morgan fingerprint density at radius 2 is 2.19 bits per heavy atom. The SMILES string of the molecule is CN=C(NCCc1ccc2c(c1)CCO2)N(C)Cc1cc(Br)cn1C.I. The molecule has 1 aliphatic rings. The maximum Gasteiger partial charge on any atom is 0.193 e. The van der Waals surface area contributed by atoms with E-state index in [1.807, 2.05) is 7.05 Å². The van der Waals surface area contributed by atoms with Gasteiger partial charge >= 0.3 is 0 Å². The average Bonchev–Trinajstić information content (AvgIpc) is 3.17. The van der Waals surface area contributed by atoms with Gasteiger partial charge in [0.1, 0.15) is 5.75 Å². The molecule has 0 saturated carbocycles. The van der Waals surface area contributed by atoms with Gasteiger partial charge in [-0.25, -0.2) is 0 Å². The summed E-state index contributed by atoms with van der Waals surface area (Å²) in [6.07, 6.45) is 4.06. The lowest BCUT2D eigenvalue weighted by Gasteiger charge is -2.22. The van der Waals surface area contributed by atoms with E-state index >= 15 is 0 Å². The number of aliphatic imine (C=N–C) groups is 1. The first-order chi connectivity index (χ1) is 12.1. The van der Waals surface area contributed by atoms with Crippen LogP contribution in [0.3, 0.4) is 0 Å². The molecule has 2 aromatic rings. The first-order valence-electron chi connectivity index (χ1n) is 8.54. The fourth-order valence-corrected chi connectivity index (χ4v) is 3.71. The fraction of sp³-hybridized carbons (Fsp3) is 0.421. The number of rotatable bonds is 5. The van der Waals surface area contributed by atoms with Crippen molar-refractivity contribution in [2.45, 2.75) is 19.4 Å². The molecule has 0 atom stereocenters. The lowest BCUT2D eigenvalue weighted by molar-refractivity contribution is 0.357. The van der Waals surface area contributed by atoms with Crippen LogP contribution in [0.25, 0.3) is 0 Å². The molecule has 0 saturated heterocycles. The van der Waals surface area contributed by atoms with Crippen LogP contribution in [0.2, 0.25) is 0 Å². The summed E-state index contributed by atoms with van der Waals surface area (Å²) in [5, 5.41) is 3.46. The molecular weight excluding hydrogens is 507 g/mol. The van der Waals surface area contributed by atoms with Crippen LogP contribution in [-0.4, -0.2) is 42.7 Å². The van der Waals surface area contributed by atoms with E-state index in [1.165, 1.54) is 16.8 Å². The highest BCUT2D eigenvalue weighted by Gasteiger charge is 2.12. The molecule has 0 bridgehead atoms. The number of aryl methyl sites for hydroxylation is 1. The van der Waals surface area contributed by atoms with Gasteiger partial charge in [-0.15, -0.1) is 24.0 Å². The van der Waals surface area contributed by atoms with Gasteiger partial charge in [0.2, 0.25) is 0 Å². The van der Waals surface area contributed by atoms with Gasteiger partial charge in [0, 0.05) is 50.5 Å². The van der Waals surface area contributed by atoms with Crippen LogP contribution in [0.1, 0.15) is 16.8 Å². The zero-order valence-electron chi connectivity index (χ0n) is 15.5. The second-order valence-electron chi connectivity index (χ2n) is 6.38. The summed E-state index contributed by atoms with van der Waals surface area (Å²) in [4.78, 5) is 6.54. The largest absolute Gasteiger partial charge is 0.493 e. The number of nitrogens with one attached hydrogen (secondary N) is 1. The van der Waals surface area contributed by atoms with Crippen LogP contribution >= 0.6 is 39.9 Å². The minimum atomic E-state index is 0. The van der Waals surface area contributed by atoms with E-state index in [0.717, 1.165) is 48.7 Å². The first kappa shape index (κ1) is 21.1. The van der Waals surface area contributed by atoms with Crippen LogP contribution in [0.15, 0.2) is 39.9 Å². The van der Waals surface area contributed by atoms with Crippen LogP contribution in [0.4, 0.5) is 0 Å². The fourth-order valence-electron chi connectivity index (χ4n) is 3.14. The zero-order chi connectivity index (χ0) is 17.8. The Morgan fingerprint density at radius 1 is 1.38 bits per heavy atom. The van der Waals surface area contributed by atoms with E-state index in [2.05, 4.69) is 80.3 Å². The summed E-state index contributed by atoms with van der Waals surface area (Å²) < 4.78 is 8.79. The van der Waals surface area contributed by atoms with E-state index in [4.69, 9.17) is 4.74 Å². The third-order valence-electron chi connectivity index (χ3n) is 4.50. The van der Waals surface area contributed by atoms with Crippen LogP contribution < -0.4 is 10.1 Å². The van der Waals surface area contributed by atoms with Gasteiger partial charge < -0.3 is 19.5 Å². The van der Waals surface area contributed by atoms with Crippen molar-refractivity contribution in [3.05, 3.63) is 51.8 Å². The first-order valence-corrected chi connectivity index (χ1v) is 9.33. The molecule has 2 heterocycles. The Bertz CT molecular complexity index is 775. The number of ether oxygens (including phenoxy) is 1. The molecule has 7 heteroatoms. The smallest absolute Gasteiger partial charge is 0.193 e. The number of guanidine groups is 1. The van der Waals surface area contributed by atoms with Crippen molar-refractivity contribution >= 4 is 45.9 Å². The Balaban J connectivity index is 0.00000243. The van der Waals surface area contributed by atoms with Gasteiger partial charge in [-0.2, -0.15) is 0 Å². The Labute approximate surface area is 181 Å². The third-order valence-corrected chi connectivity index (χ3v) is 4.93. The highest BCUT2D eigenvalue weighted by molar-refractivity contribution is 14.0. The van der Waals surface area contributed by atoms with E-state index in [-0.39, 0.29) is 24.0 Å². The number of hydrogen-bond donors (Lipinski definition) is 1. The topological polar surface area (TPSA) is 41.8 Å². The summed E-state index contributed by atoms with van der Waals surface area (Å²) in [6.45, 7) is 2.47. The molecule has 3 rings (SSSR count). The van der Waals surface area contributed by atoms with Gasteiger partial charge in [-0.3, -0.25) is 4.99 Å². The van der Waals surface area contributed by atoms with Gasteiger partial charge in [0.25, 0.3) is 0 Å². The van der Waals surface area contributed by atoms with Crippen LogP contribution in [-0.2, 0) is 26.4 Å². The predicted octanol–water partition coefficient (Wildman–Crippen LogP) is 3.59. The van der Waals surface area contributed by atoms with Gasteiger partial charge in [-0.05, 0) is 45.6 Å². The standard InChI is InChI=1S/C19H25BrN4O.HI/c1-21-19(24(3)13-17-11-16(20)12-23(17)2)22-8-6-14-4-5-18-15(10-14)7-9-25-18;/h4-5,10-12H,6-9,13H2,1-3H3,(H,21,22);1H. The highest BCUT2D eigenvalue weighted by atomic mass is 127. The number of fused-ring (bicyclic) bond motifs is 1. The summed E-state index contributed by atoms with van der Waals surface area (Å²) >= 11 is 3.52. The van der Waals surface area contributed by atoms with Crippen molar-refractivity contribution in [3.8, 4) is 5.75 Å². The molecule has 1 aliphatic heterocycles. The molecule has 5 nitrogen and oxygen atoms in total. The molecule has 1 N–H and O–H groups in total. The molecule has 1 aromatic carbocycles. The van der Waals surface area contributed by atoms with Gasteiger partial charge in [-0.1, -0.05) is 12.1 Å². The predicted molar refractivity (Wildman–Crippen MR) is 121 cm³/mol. The monoisotopic (exact) mass is 532 g/mol. The number of hydrogen-bond acceptors (Lipinski definition) is 2. The molecule has 0 radical (unpaired) electrons. The summed E-state index contributed by atoms with van der Waals surface area (Å²) in [5.41, 5.74) is 3.89. The number of benzene rings is 1. The molecule has 0 aliphatic carbocycles. The maximum absolute atomic E-state index is 5.57. The normalized spacial score (nSPS) is 13.0. The van der Waals surface area contributed by atoms with Crippen LogP contribution in [0, 0.1) is 0 Å². The zero-order valence-corrected chi connectivity index (χ0v) is 19.4. The molecule has 142 valence electrons. The Kier molecular flexibility index (Phi) is 7.82. The summed E-state index contributed by atoms with van der Waals surface area (Å²) in [6, 6.07) is 8.64. The highest BCUT2D eigenvalue weighted by Crippen LogP contribution is 2.25. The summed E-state index contributed by atoms with van der Waals surface area (Å²) in [7, 11) is 5.94. The average molecular weight is 533 g/mol. The van der Waals surface area contributed by atoms with E-state index in [1.54, 1.807) is 0 Å². The Morgan fingerprint density at radius 3 is 2.88 bits per heavy atom. The number of halogens is 2. The third kappa shape index (κ3) is 5.16. The molecular formula is C19H26BrIN4O. The second-order valence-corrected chi connectivity index (χ2v) is 7.30. The molecule has 0 fully saturated rings. The quantitative estimate of drug-likeness (QED) is 0.363. The Hall–Kier alpha value is -1.22. The minimum absolute atomic E-state index is 0. The van der Waals surface area contributed by atoms with Crippen molar-refractivity contribution < 1.29 is 4.74 Å². The molecule has 1 aromatic heterocycles. The van der Waals surface area contributed by atoms with Crippen molar-refractivity contribution in [1.82, 2.24) is 14.8 Å². The molecule has 0 unspecified atom stereocenters. The molecule has 0 amide bonds. The van der Waals surface area contributed by atoms with E-state index in [9.17, 15) is 0 Å². The lowest BCUT2D eigenvalue weighted by atomic mass is 10.1. The van der Waals surface area contributed by atoms with Gasteiger partial charge in [0.05, 0.1) is 13.2 Å². The molecule has 0 spiro atoms. The van der Waals surface area contributed by atoms with Crippen molar-refractivity contribution in [1.29, 1.82) is 0 Å². The van der Waals surface area contributed by atoms with E-state index < -0.39 is 0 Å². The molecule has 26 heavy (non-hydrogen) atoms. The van der Waals surface area contributed by atoms with Crippen molar-refractivity contribution in [2.24, 2.45) is 12.0 Å². The van der Waals surface area contributed by atoms with Gasteiger partial charge in [0.15, 0.2) is 5.96 Å². The number of aromatic nitrogens is 1.